The first-order valence-corrected chi connectivity index (χ1v) is 7.86. The Morgan fingerprint density at radius 1 is 1.24 bits per heavy atom. The molecule has 0 radical (unpaired) electrons. The van der Waals surface area contributed by atoms with Crippen molar-refractivity contribution >= 4 is 11.3 Å². The SMILES string of the molecule is OC(COCc1cccs1)COc1cccc2c1OCC2. The van der Waals surface area contributed by atoms with Crippen LogP contribution in [-0.2, 0) is 17.8 Å². The van der Waals surface area contributed by atoms with E-state index in [4.69, 9.17) is 14.2 Å². The molecule has 1 aromatic heterocycles. The van der Waals surface area contributed by atoms with Crippen LogP contribution in [0.25, 0.3) is 0 Å². The zero-order chi connectivity index (χ0) is 14.5. The molecule has 4 nitrogen and oxygen atoms in total. The van der Waals surface area contributed by atoms with Gasteiger partial charge in [-0.05, 0) is 17.5 Å². The van der Waals surface area contributed by atoms with Gasteiger partial charge in [-0.2, -0.15) is 0 Å². The molecule has 0 aliphatic carbocycles. The second-order valence-electron chi connectivity index (χ2n) is 4.90. The minimum absolute atomic E-state index is 0.199. The zero-order valence-corrected chi connectivity index (χ0v) is 12.5. The van der Waals surface area contributed by atoms with Crippen molar-refractivity contribution in [3.63, 3.8) is 0 Å². The van der Waals surface area contributed by atoms with Crippen molar-refractivity contribution in [3.05, 3.63) is 46.2 Å². The third kappa shape index (κ3) is 3.75. The summed E-state index contributed by atoms with van der Waals surface area (Å²) in [7, 11) is 0. The first kappa shape index (κ1) is 14.4. The van der Waals surface area contributed by atoms with Crippen LogP contribution in [0.15, 0.2) is 35.7 Å². The lowest BCUT2D eigenvalue weighted by Crippen LogP contribution is -2.23. The summed E-state index contributed by atoms with van der Waals surface area (Å²) in [4.78, 5) is 1.15. The van der Waals surface area contributed by atoms with E-state index in [1.165, 1.54) is 0 Å². The molecule has 0 saturated carbocycles. The molecule has 1 aliphatic heterocycles. The Kier molecular flexibility index (Phi) is 4.75. The molecule has 1 aliphatic rings. The van der Waals surface area contributed by atoms with Crippen LogP contribution in [0.1, 0.15) is 10.4 Å². The molecule has 0 amide bonds. The van der Waals surface area contributed by atoms with E-state index in [0.29, 0.717) is 19.0 Å². The first-order valence-electron chi connectivity index (χ1n) is 6.98. The van der Waals surface area contributed by atoms with Gasteiger partial charge in [-0.3, -0.25) is 0 Å². The maximum Gasteiger partial charge on any atom is 0.164 e. The number of benzene rings is 1. The van der Waals surface area contributed by atoms with Gasteiger partial charge in [-0.1, -0.05) is 18.2 Å². The molecule has 0 bridgehead atoms. The number of hydrogen-bond donors (Lipinski definition) is 1. The van der Waals surface area contributed by atoms with Crippen molar-refractivity contribution in [1.29, 1.82) is 0 Å². The van der Waals surface area contributed by atoms with Crippen LogP contribution in [-0.4, -0.2) is 31.0 Å². The fourth-order valence-corrected chi connectivity index (χ4v) is 2.86. The van der Waals surface area contributed by atoms with Crippen LogP contribution < -0.4 is 9.47 Å². The minimum Gasteiger partial charge on any atom is -0.489 e. The molecule has 1 atom stereocenters. The first-order chi connectivity index (χ1) is 10.3. The Balaban J connectivity index is 1.43. The Hall–Kier alpha value is -1.56. The largest absolute Gasteiger partial charge is 0.489 e. The number of aliphatic hydroxyl groups excluding tert-OH is 1. The van der Waals surface area contributed by atoms with Gasteiger partial charge in [0.2, 0.25) is 0 Å². The number of thiophene rings is 1. The molecule has 1 N–H and O–H groups in total. The van der Waals surface area contributed by atoms with Crippen molar-refractivity contribution in [2.24, 2.45) is 0 Å². The predicted molar refractivity (Wildman–Crippen MR) is 81.1 cm³/mol. The number of aliphatic hydroxyl groups is 1. The third-order valence-corrected chi connectivity index (χ3v) is 4.09. The van der Waals surface area contributed by atoms with Crippen LogP contribution in [0.5, 0.6) is 11.5 Å². The molecule has 112 valence electrons. The molecule has 0 saturated heterocycles. The van der Waals surface area contributed by atoms with Crippen molar-refractivity contribution in [3.8, 4) is 11.5 Å². The van der Waals surface area contributed by atoms with Gasteiger partial charge in [0.25, 0.3) is 0 Å². The van der Waals surface area contributed by atoms with Crippen molar-refractivity contribution < 1.29 is 19.3 Å². The van der Waals surface area contributed by atoms with Crippen molar-refractivity contribution in [1.82, 2.24) is 0 Å². The summed E-state index contributed by atoms with van der Waals surface area (Å²) in [6.45, 7) is 1.68. The summed E-state index contributed by atoms with van der Waals surface area (Å²) < 4.78 is 16.7. The number of fused-ring (bicyclic) bond motifs is 1. The van der Waals surface area contributed by atoms with E-state index in [9.17, 15) is 5.11 Å². The van der Waals surface area contributed by atoms with Crippen LogP contribution in [0.2, 0.25) is 0 Å². The lowest BCUT2D eigenvalue weighted by Gasteiger charge is -2.14. The molecular formula is C16H18O4S. The zero-order valence-electron chi connectivity index (χ0n) is 11.7. The van der Waals surface area contributed by atoms with E-state index in [0.717, 1.165) is 22.6 Å². The molecular weight excluding hydrogens is 288 g/mol. The quantitative estimate of drug-likeness (QED) is 0.854. The Morgan fingerprint density at radius 3 is 3.05 bits per heavy atom. The molecule has 1 aromatic carbocycles. The number of ether oxygens (including phenoxy) is 3. The summed E-state index contributed by atoms with van der Waals surface area (Å²) in [5, 5.41) is 11.9. The van der Waals surface area contributed by atoms with Crippen LogP contribution in [0.3, 0.4) is 0 Å². The molecule has 2 heterocycles. The van der Waals surface area contributed by atoms with E-state index < -0.39 is 6.10 Å². The monoisotopic (exact) mass is 306 g/mol. The summed E-state index contributed by atoms with van der Waals surface area (Å²) in [6, 6.07) is 9.85. The highest BCUT2D eigenvalue weighted by atomic mass is 32.1. The Labute approximate surface area is 127 Å². The fourth-order valence-electron chi connectivity index (χ4n) is 2.22. The normalized spacial score (nSPS) is 14.5. The molecule has 1 unspecified atom stereocenters. The van der Waals surface area contributed by atoms with Crippen LogP contribution in [0.4, 0.5) is 0 Å². The molecule has 2 aromatic rings. The maximum atomic E-state index is 9.90. The molecule has 21 heavy (non-hydrogen) atoms. The second kappa shape index (κ2) is 6.93. The third-order valence-electron chi connectivity index (χ3n) is 3.24. The van der Waals surface area contributed by atoms with Crippen molar-refractivity contribution in [2.45, 2.75) is 19.1 Å². The number of hydrogen-bond acceptors (Lipinski definition) is 5. The fraction of sp³-hybridized carbons (Fsp3) is 0.375. The van der Waals surface area contributed by atoms with E-state index >= 15 is 0 Å². The Morgan fingerprint density at radius 2 is 2.19 bits per heavy atom. The average Bonchev–Trinajstić information content (AvgIpc) is 3.16. The minimum atomic E-state index is -0.651. The topological polar surface area (TPSA) is 47.9 Å². The van der Waals surface area contributed by atoms with E-state index in [-0.39, 0.29) is 13.2 Å². The van der Waals surface area contributed by atoms with Gasteiger partial charge in [-0.25, -0.2) is 0 Å². The summed E-state index contributed by atoms with van der Waals surface area (Å²) in [5.41, 5.74) is 1.16. The Bertz CT molecular complexity index is 568. The summed E-state index contributed by atoms with van der Waals surface area (Å²) in [5.74, 6) is 1.51. The van der Waals surface area contributed by atoms with Gasteiger partial charge in [0, 0.05) is 16.9 Å². The molecule has 0 fully saturated rings. The maximum absolute atomic E-state index is 9.90. The molecule has 5 heteroatoms. The average molecular weight is 306 g/mol. The van der Waals surface area contributed by atoms with Crippen molar-refractivity contribution in [2.75, 3.05) is 19.8 Å². The summed E-state index contributed by atoms with van der Waals surface area (Å²) >= 11 is 1.64. The van der Waals surface area contributed by atoms with Crippen LogP contribution >= 0.6 is 11.3 Å². The van der Waals surface area contributed by atoms with E-state index in [1.807, 2.05) is 35.7 Å². The van der Waals surface area contributed by atoms with E-state index in [2.05, 4.69) is 0 Å². The smallest absolute Gasteiger partial charge is 0.164 e. The van der Waals surface area contributed by atoms with Gasteiger partial charge >= 0.3 is 0 Å². The second-order valence-corrected chi connectivity index (χ2v) is 5.93. The highest BCUT2D eigenvalue weighted by Crippen LogP contribution is 2.35. The number of rotatable bonds is 7. The number of para-hydroxylation sites is 1. The standard InChI is InChI=1S/C16H18O4S/c17-13(9-18-11-14-4-2-8-21-14)10-20-15-5-1-3-12-6-7-19-16(12)15/h1-5,8,13,17H,6-7,9-11H2. The van der Waals surface area contributed by atoms with Gasteiger partial charge in [0.15, 0.2) is 11.5 Å². The van der Waals surface area contributed by atoms with Crippen LogP contribution in [0, 0.1) is 0 Å². The van der Waals surface area contributed by atoms with E-state index in [1.54, 1.807) is 11.3 Å². The molecule has 3 rings (SSSR count). The highest BCUT2D eigenvalue weighted by Gasteiger charge is 2.17. The lowest BCUT2D eigenvalue weighted by atomic mass is 10.1. The van der Waals surface area contributed by atoms with Gasteiger partial charge < -0.3 is 19.3 Å². The predicted octanol–water partition coefficient (Wildman–Crippen LogP) is 2.64. The van der Waals surface area contributed by atoms with Gasteiger partial charge in [0.05, 0.1) is 19.8 Å². The van der Waals surface area contributed by atoms with Gasteiger partial charge in [-0.15, -0.1) is 11.3 Å². The molecule has 0 spiro atoms. The lowest BCUT2D eigenvalue weighted by molar-refractivity contribution is 0.00583. The highest BCUT2D eigenvalue weighted by molar-refractivity contribution is 7.09. The van der Waals surface area contributed by atoms with Gasteiger partial charge in [0.1, 0.15) is 12.7 Å². The summed E-state index contributed by atoms with van der Waals surface area (Å²) in [6.07, 6.45) is 0.265.